The van der Waals surface area contributed by atoms with Gasteiger partial charge in [0.15, 0.2) is 0 Å². The zero-order valence-electron chi connectivity index (χ0n) is 9.38. The molecule has 0 bridgehead atoms. The lowest BCUT2D eigenvalue weighted by Gasteiger charge is -2.09. The van der Waals surface area contributed by atoms with E-state index < -0.39 is 0 Å². The Morgan fingerprint density at radius 2 is 1.63 bits per heavy atom. The first kappa shape index (κ1) is 14.7. The van der Waals surface area contributed by atoms with Crippen LogP contribution in [0.4, 0.5) is 5.69 Å². The van der Waals surface area contributed by atoms with Crippen molar-refractivity contribution in [3.8, 4) is 0 Å². The zero-order chi connectivity index (χ0) is 14.0. The van der Waals surface area contributed by atoms with E-state index in [2.05, 4.69) is 21.2 Å². The van der Waals surface area contributed by atoms with E-state index in [4.69, 9.17) is 34.8 Å². The van der Waals surface area contributed by atoms with Gasteiger partial charge in [0.1, 0.15) is 0 Å². The Kier molecular flexibility index (Phi) is 4.74. The Bertz CT molecular complexity index is 646. The van der Waals surface area contributed by atoms with Gasteiger partial charge in [-0.05, 0) is 52.3 Å². The van der Waals surface area contributed by atoms with E-state index in [-0.39, 0.29) is 5.91 Å². The number of anilines is 1. The molecule has 0 radical (unpaired) electrons. The number of nitrogens with one attached hydrogen (secondary N) is 1. The highest BCUT2D eigenvalue weighted by atomic mass is 79.9. The third kappa shape index (κ3) is 3.63. The molecule has 0 fully saturated rings. The first-order valence-electron chi connectivity index (χ1n) is 5.19. The van der Waals surface area contributed by atoms with E-state index in [0.717, 1.165) is 0 Å². The van der Waals surface area contributed by atoms with Gasteiger partial charge in [-0.15, -0.1) is 0 Å². The quantitative estimate of drug-likeness (QED) is 0.716. The second-order valence-corrected chi connectivity index (χ2v) is 5.84. The molecule has 0 spiro atoms. The van der Waals surface area contributed by atoms with Crippen LogP contribution in [0.2, 0.25) is 15.1 Å². The molecule has 0 aliphatic heterocycles. The maximum atomic E-state index is 12.1. The molecular weight excluding hydrogens is 372 g/mol. The molecule has 2 aromatic carbocycles. The highest BCUT2D eigenvalue weighted by molar-refractivity contribution is 9.10. The SMILES string of the molecule is O=C(Nc1cc(Cl)ccc1Cl)c1cc(Cl)ccc1Br. The van der Waals surface area contributed by atoms with Crippen LogP contribution in [0.15, 0.2) is 40.9 Å². The van der Waals surface area contributed by atoms with Gasteiger partial charge in [-0.25, -0.2) is 0 Å². The highest BCUT2D eigenvalue weighted by Crippen LogP contribution is 2.27. The number of carbonyl (C=O) groups excluding carboxylic acids is 1. The zero-order valence-corrected chi connectivity index (χ0v) is 13.2. The van der Waals surface area contributed by atoms with Crippen molar-refractivity contribution in [2.24, 2.45) is 0 Å². The fraction of sp³-hybridized carbons (Fsp3) is 0. The van der Waals surface area contributed by atoms with Crippen molar-refractivity contribution in [1.29, 1.82) is 0 Å². The van der Waals surface area contributed by atoms with E-state index in [1.165, 1.54) is 0 Å². The molecule has 2 rings (SSSR count). The number of hydrogen-bond acceptors (Lipinski definition) is 1. The minimum absolute atomic E-state index is 0.321. The van der Waals surface area contributed by atoms with Crippen molar-refractivity contribution in [3.05, 3.63) is 61.5 Å². The van der Waals surface area contributed by atoms with Crippen LogP contribution in [0.25, 0.3) is 0 Å². The Hall–Kier alpha value is -0.740. The molecule has 6 heteroatoms. The maximum absolute atomic E-state index is 12.1. The van der Waals surface area contributed by atoms with E-state index in [0.29, 0.717) is 30.8 Å². The third-order valence-electron chi connectivity index (χ3n) is 2.35. The smallest absolute Gasteiger partial charge is 0.256 e. The van der Waals surface area contributed by atoms with Gasteiger partial charge in [0.2, 0.25) is 0 Å². The van der Waals surface area contributed by atoms with Crippen LogP contribution in [-0.4, -0.2) is 5.91 Å². The summed E-state index contributed by atoms with van der Waals surface area (Å²) in [5, 5.41) is 4.07. The molecule has 0 unspecified atom stereocenters. The van der Waals surface area contributed by atoms with Crippen LogP contribution in [0.5, 0.6) is 0 Å². The van der Waals surface area contributed by atoms with E-state index in [1.807, 2.05) is 0 Å². The van der Waals surface area contributed by atoms with E-state index >= 15 is 0 Å². The van der Waals surface area contributed by atoms with Gasteiger partial charge >= 0.3 is 0 Å². The van der Waals surface area contributed by atoms with Crippen molar-refractivity contribution >= 4 is 62.3 Å². The summed E-state index contributed by atoms with van der Waals surface area (Å²) in [5.41, 5.74) is 0.870. The first-order chi connectivity index (χ1) is 8.97. The average Bonchev–Trinajstić information content (AvgIpc) is 2.36. The van der Waals surface area contributed by atoms with Gasteiger partial charge in [0.05, 0.1) is 16.3 Å². The molecule has 19 heavy (non-hydrogen) atoms. The van der Waals surface area contributed by atoms with Crippen LogP contribution >= 0.6 is 50.7 Å². The molecule has 0 atom stereocenters. The lowest BCUT2D eigenvalue weighted by Crippen LogP contribution is -2.12. The van der Waals surface area contributed by atoms with Crippen molar-refractivity contribution < 1.29 is 4.79 Å². The van der Waals surface area contributed by atoms with Crippen LogP contribution < -0.4 is 5.32 Å². The first-order valence-corrected chi connectivity index (χ1v) is 7.11. The fourth-order valence-corrected chi connectivity index (χ4v) is 2.39. The molecule has 98 valence electrons. The monoisotopic (exact) mass is 377 g/mol. The molecular formula is C13H7BrCl3NO. The Balaban J connectivity index is 2.30. The Morgan fingerprint density at radius 3 is 2.37 bits per heavy atom. The minimum Gasteiger partial charge on any atom is -0.321 e. The minimum atomic E-state index is -0.321. The standard InChI is InChI=1S/C13H7BrCl3NO/c14-10-3-1-7(15)5-9(10)13(19)18-12-6-8(16)2-4-11(12)17/h1-6H,(H,18,19). The van der Waals surface area contributed by atoms with Crippen LogP contribution in [-0.2, 0) is 0 Å². The predicted octanol–water partition coefficient (Wildman–Crippen LogP) is 5.66. The Morgan fingerprint density at radius 1 is 1.00 bits per heavy atom. The van der Waals surface area contributed by atoms with Crippen molar-refractivity contribution in [2.45, 2.75) is 0 Å². The number of hydrogen-bond donors (Lipinski definition) is 1. The van der Waals surface area contributed by atoms with Crippen LogP contribution in [0, 0.1) is 0 Å². The lowest BCUT2D eigenvalue weighted by atomic mass is 10.2. The normalized spacial score (nSPS) is 10.3. The summed E-state index contributed by atoms with van der Waals surface area (Å²) in [5.74, 6) is -0.321. The summed E-state index contributed by atoms with van der Waals surface area (Å²) >= 11 is 21.0. The van der Waals surface area contributed by atoms with Crippen LogP contribution in [0.1, 0.15) is 10.4 Å². The van der Waals surface area contributed by atoms with Gasteiger partial charge in [-0.2, -0.15) is 0 Å². The average molecular weight is 379 g/mol. The van der Waals surface area contributed by atoms with Gasteiger partial charge in [0, 0.05) is 14.5 Å². The summed E-state index contributed by atoms with van der Waals surface area (Å²) in [6.45, 7) is 0. The third-order valence-corrected chi connectivity index (χ3v) is 3.84. The Labute approximate surface area is 133 Å². The topological polar surface area (TPSA) is 29.1 Å². The summed E-state index contributed by atoms with van der Waals surface area (Å²) in [6, 6.07) is 9.81. The number of carbonyl (C=O) groups is 1. The number of benzene rings is 2. The van der Waals surface area contributed by atoms with Crippen LogP contribution in [0.3, 0.4) is 0 Å². The molecule has 0 aliphatic carbocycles. The highest BCUT2D eigenvalue weighted by Gasteiger charge is 2.12. The molecule has 1 amide bonds. The van der Waals surface area contributed by atoms with Gasteiger partial charge in [0.25, 0.3) is 5.91 Å². The van der Waals surface area contributed by atoms with Crippen molar-refractivity contribution in [1.82, 2.24) is 0 Å². The van der Waals surface area contributed by atoms with Gasteiger partial charge in [-0.1, -0.05) is 34.8 Å². The predicted molar refractivity (Wildman–Crippen MR) is 83.6 cm³/mol. The summed E-state index contributed by atoms with van der Waals surface area (Å²) in [7, 11) is 0. The molecule has 2 aromatic rings. The number of rotatable bonds is 2. The maximum Gasteiger partial charge on any atom is 0.256 e. The van der Waals surface area contributed by atoms with E-state index in [1.54, 1.807) is 36.4 Å². The molecule has 0 saturated heterocycles. The second kappa shape index (κ2) is 6.14. The molecule has 1 N–H and O–H groups in total. The van der Waals surface area contributed by atoms with E-state index in [9.17, 15) is 4.79 Å². The summed E-state index contributed by atoms with van der Waals surface area (Å²) in [4.78, 5) is 12.1. The molecule has 0 aliphatic rings. The molecule has 0 heterocycles. The molecule has 0 saturated carbocycles. The largest absolute Gasteiger partial charge is 0.321 e. The fourth-order valence-electron chi connectivity index (χ4n) is 1.45. The lowest BCUT2D eigenvalue weighted by molar-refractivity contribution is 0.102. The summed E-state index contributed by atoms with van der Waals surface area (Å²) in [6.07, 6.45) is 0. The van der Waals surface area contributed by atoms with Crippen molar-refractivity contribution in [3.63, 3.8) is 0 Å². The van der Waals surface area contributed by atoms with Gasteiger partial charge in [-0.3, -0.25) is 4.79 Å². The molecule has 2 nitrogen and oxygen atoms in total. The second-order valence-electron chi connectivity index (χ2n) is 3.70. The van der Waals surface area contributed by atoms with Gasteiger partial charge < -0.3 is 5.32 Å². The summed E-state index contributed by atoms with van der Waals surface area (Å²) < 4.78 is 0.646. The number of amides is 1. The molecule has 0 aromatic heterocycles. The van der Waals surface area contributed by atoms with Crippen molar-refractivity contribution in [2.75, 3.05) is 5.32 Å². The number of halogens is 4.